The maximum atomic E-state index is 12.3. The molecule has 1 aromatic heterocycles. The van der Waals surface area contributed by atoms with E-state index in [1.54, 1.807) is 6.20 Å². The van der Waals surface area contributed by atoms with Crippen molar-refractivity contribution in [1.29, 1.82) is 0 Å². The summed E-state index contributed by atoms with van der Waals surface area (Å²) in [5.74, 6) is -2.03. The van der Waals surface area contributed by atoms with Crippen LogP contribution in [-0.4, -0.2) is 22.0 Å². The van der Waals surface area contributed by atoms with Crippen LogP contribution in [0.25, 0.3) is 0 Å². The number of amides is 1. The van der Waals surface area contributed by atoms with E-state index >= 15 is 0 Å². The zero-order chi connectivity index (χ0) is 14.1. The van der Waals surface area contributed by atoms with Crippen LogP contribution < -0.4 is 5.32 Å². The molecular weight excluding hydrogens is 256 g/mol. The number of pyridine rings is 1. The van der Waals surface area contributed by atoms with Gasteiger partial charge in [-0.2, -0.15) is 0 Å². The molecule has 0 aromatic carbocycles. The Labute approximate surface area is 116 Å². The Hall–Kier alpha value is -2.17. The SMILES string of the molecule is O=C(NCc1ccccn1)C1C(C(=O)O)[C@H]2C=C[C@@H]1C2. The molecule has 0 aliphatic heterocycles. The van der Waals surface area contributed by atoms with Gasteiger partial charge < -0.3 is 10.4 Å². The molecule has 2 aliphatic rings. The van der Waals surface area contributed by atoms with Crippen LogP contribution in [0.2, 0.25) is 0 Å². The third kappa shape index (κ3) is 2.19. The molecule has 0 radical (unpaired) electrons. The monoisotopic (exact) mass is 272 g/mol. The summed E-state index contributed by atoms with van der Waals surface area (Å²) < 4.78 is 0. The maximum absolute atomic E-state index is 12.3. The van der Waals surface area contributed by atoms with Crippen LogP contribution in [0.5, 0.6) is 0 Å². The molecule has 104 valence electrons. The first-order chi connectivity index (χ1) is 9.66. The highest BCUT2D eigenvalue weighted by molar-refractivity contribution is 5.86. The van der Waals surface area contributed by atoms with Gasteiger partial charge in [-0.25, -0.2) is 0 Å². The fourth-order valence-electron chi connectivity index (χ4n) is 3.31. The lowest BCUT2D eigenvalue weighted by atomic mass is 9.82. The molecule has 2 unspecified atom stereocenters. The number of nitrogens with zero attached hydrogens (tertiary/aromatic N) is 1. The van der Waals surface area contributed by atoms with Crippen molar-refractivity contribution in [3.63, 3.8) is 0 Å². The van der Waals surface area contributed by atoms with Crippen LogP contribution in [0, 0.1) is 23.7 Å². The molecule has 2 aliphatic carbocycles. The highest BCUT2D eigenvalue weighted by atomic mass is 16.4. The van der Waals surface area contributed by atoms with Crippen molar-refractivity contribution in [1.82, 2.24) is 10.3 Å². The number of carbonyl (C=O) groups is 2. The molecule has 2 N–H and O–H groups in total. The predicted molar refractivity (Wildman–Crippen MR) is 71.4 cm³/mol. The number of carbonyl (C=O) groups excluding carboxylic acids is 1. The van der Waals surface area contributed by atoms with Crippen LogP contribution in [-0.2, 0) is 16.1 Å². The molecule has 0 saturated heterocycles. The van der Waals surface area contributed by atoms with Crippen molar-refractivity contribution in [3.05, 3.63) is 42.2 Å². The van der Waals surface area contributed by atoms with Gasteiger partial charge in [-0.05, 0) is 30.4 Å². The van der Waals surface area contributed by atoms with E-state index in [9.17, 15) is 14.7 Å². The quantitative estimate of drug-likeness (QED) is 0.808. The summed E-state index contributed by atoms with van der Waals surface area (Å²) in [7, 11) is 0. The van der Waals surface area contributed by atoms with Crippen molar-refractivity contribution in [2.45, 2.75) is 13.0 Å². The second-order valence-electron chi connectivity index (χ2n) is 5.38. The fraction of sp³-hybridized carbons (Fsp3) is 0.400. The first-order valence-electron chi connectivity index (χ1n) is 6.75. The van der Waals surface area contributed by atoms with Crippen molar-refractivity contribution >= 4 is 11.9 Å². The number of carboxylic acid groups (broad SMARTS) is 1. The van der Waals surface area contributed by atoms with Gasteiger partial charge >= 0.3 is 5.97 Å². The topological polar surface area (TPSA) is 79.3 Å². The summed E-state index contributed by atoms with van der Waals surface area (Å²) in [6, 6.07) is 5.50. The van der Waals surface area contributed by atoms with E-state index < -0.39 is 17.8 Å². The van der Waals surface area contributed by atoms with E-state index in [1.807, 2.05) is 30.4 Å². The molecule has 1 amide bonds. The van der Waals surface area contributed by atoms with E-state index in [1.165, 1.54) is 0 Å². The number of nitrogens with one attached hydrogen (secondary N) is 1. The van der Waals surface area contributed by atoms with Gasteiger partial charge in [0.1, 0.15) is 0 Å². The summed E-state index contributed by atoms with van der Waals surface area (Å²) in [6.07, 6.45) is 6.36. The molecule has 1 heterocycles. The van der Waals surface area contributed by atoms with Crippen molar-refractivity contribution < 1.29 is 14.7 Å². The van der Waals surface area contributed by atoms with E-state index in [0.29, 0.717) is 6.54 Å². The van der Waals surface area contributed by atoms with Crippen LogP contribution in [0.4, 0.5) is 0 Å². The number of aromatic nitrogens is 1. The van der Waals surface area contributed by atoms with E-state index in [2.05, 4.69) is 10.3 Å². The Bertz CT molecular complexity index is 555. The Kier molecular flexibility index (Phi) is 3.26. The zero-order valence-electron chi connectivity index (χ0n) is 10.9. The van der Waals surface area contributed by atoms with Crippen molar-refractivity contribution in [2.24, 2.45) is 23.7 Å². The second kappa shape index (κ2) is 5.07. The largest absolute Gasteiger partial charge is 0.481 e. The molecule has 4 atom stereocenters. The average molecular weight is 272 g/mol. The van der Waals surface area contributed by atoms with Crippen LogP contribution in [0.1, 0.15) is 12.1 Å². The normalized spacial score (nSPS) is 30.4. The molecule has 5 nitrogen and oxygen atoms in total. The first-order valence-corrected chi connectivity index (χ1v) is 6.75. The third-order valence-corrected chi connectivity index (χ3v) is 4.22. The Morgan fingerprint density at radius 2 is 2.00 bits per heavy atom. The molecule has 1 aromatic rings. The molecule has 1 fully saturated rings. The lowest BCUT2D eigenvalue weighted by Gasteiger charge is -2.23. The van der Waals surface area contributed by atoms with Crippen LogP contribution in [0.3, 0.4) is 0 Å². The van der Waals surface area contributed by atoms with Gasteiger partial charge in [-0.3, -0.25) is 14.6 Å². The van der Waals surface area contributed by atoms with Crippen molar-refractivity contribution in [3.8, 4) is 0 Å². The van der Waals surface area contributed by atoms with Gasteiger partial charge in [-0.15, -0.1) is 0 Å². The summed E-state index contributed by atoms with van der Waals surface area (Å²) in [5, 5.41) is 12.1. The zero-order valence-corrected chi connectivity index (χ0v) is 10.9. The van der Waals surface area contributed by atoms with Gasteiger partial charge in [0.25, 0.3) is 0 Å². The molecule has 2 bridgehead atoms. The smallest absolute Gasteiger partial charge is 0.307 e. The molecule has 20 heavy (non-hydrogen) atoms. The van der Waals surface area contributed by atoms with Gasteiger partial charge in [0, 0.05) is 6.20 Å². The first kappa shape index (κ1) is 12.8. The third-order valence-electron chi connectivity index (χ3n) is 4.22. The standard InChI is InChI=1S/C15H16N2O3/c18-14(17-8-11-3-1-2-6-16-11)12-9-4-5-10(7-9)13(12)15(19)20/h1-6,9-10,12-13H,7-8H2,(H,17,18)(H,19,20)/t9-,10+,12?,13?/m1/s1. The lowest BCUT2D eigenvalue weighted by molar-refractivity contribution is -0.147. The van der Waals surface area contributed by atoms with Crippen LogP contribution in [0.15, 0.2) is 36.5 Å². The number of carboxylic acids is 1. The highest BCUT2D eigenvalue weighted by Gasteiger charge is 2.51. The fourth-order valence-corrected chi connectivity index (χ4v) is 3.31. The number of aliphatic carboxylic acids is 1. The van der Waals surface area contributed by atoms with Gasteiger partial charge in [0.2, 0.25) is 5.91 Å². The maximum Gasteiger partial charge on any atom is 0.307 e. The Morgan fingerprint density at radius 3 is 2.65 bits per heavy atom. The lowest BCUT2D eigenvalue weighted by Crippen LogP contribution is -2.40. The minimum atomic E-state index is -0.875. The number of hydrogen-bond donors (Lipinski definition) is 2. The minimum Gasteiger partial charge on any atom is -0.481 e. The van der Waals surface area contributed by atoms with E-state index in [4.69, 9.17) is 0 Å². The Morgan fingerprint density at radius 1 is 1.25 bits per heavy atom. The van der Waals surface area contributed by atoms with Gasteiger partial charge in [0.05, 0.1) is 24.1 Å². The highest BCUT2D eigenvalue weighted by Crippen LogP contribution is 2.48. The number of allylic oxidation sites excluding steroid dienone is 2. The number of hydrogen-bond acceptors (Lipinski definition) is 3. The summed E-state index contributed by atoms with van der Waals surface area (Å²) in [6.45, 7) is 0.337. The summed E-state index contributed by atoms with van der Waals surface area (Å²) in [5.41, 5.74) is 0.770. The van der Waals surface area contributed by atoms with Gasteiger partial charge in [0.15, 0.2) is 0 Å². The van der Waals surface area contributed by atoms with Crippen molar-refractivity contribution in [2.75, 3.05) is 0 Å². The number of fused-ring (bicyclic) bond motifs is 2. The predicted octanol–water partition coefficient (Wildman–Crippen LogP) is 1.22. The second-order valence-corrected chi connectivity index (χ2v) is 5.38. The Balaban J connectivity index is 1.68. The van der Waals surface area contributed by atoms with Gasteiger partial charge in [-0.1, -0.05) is 18.2 Å². The molecule has 0 spiro atoms. The molecule has 5 heteroatoms. The van der Waals surface area contributed by atoms with Crippen LogP contribution >= 0.6 is 0 Å². The molecular formula is C15H16N2O3. The van der Waals surface area contributed by atoms with E-state index in [0.717, 1.165) is 12.1 Å². The molecule has 3 rings (SSSR count). The number of rotatable bonds is 4. The average Bonchev–Trinajstić information content (AvgIpc) is 3.06. The summed E-state index contributed by atoms with van der Waals surface area (Å²) in [4.78, 5) is 27.8. The summed E-state index contributed by atoms with van der Waals surface area (Å²) >= 11 is 0. The van der Waals surface area contributed by atoms with E-state index in [-0.39, 0.29) is 17.7 Å². The molecule has 1 saturated carbocycles. The minimum absolute atomic E-state index is 0.00287.